The lowest BCUT2D eigenvalue weighted by Crippen LogP contribution is -1.98. The SMILES string of the molecule is O=c1c2ccccc2c2sccc2c2c(F)cccc12. The average Bonchev–Trinajstić information content (AvgIpc) is 2.91. The Bertz CT molecular complexity index is 1030. The van der Waals surface area contributed by atoms with Gasteiger partial charge in [-0.25, -0.2) is 4.39 Å². The lowest BCUT2D eigenvalue weighted by atomic mass is 10.1. The third-order valence-electron chi connectivity index (χ3n) is 3.61. The van der Waals surface area contributed by atoms with Gasteiger partial charge in [-0.05, 0) is 17.5 Å². The van der Waals surface area contributed by atoms with E-state index in [0.29, 0.717) is 16.2 Å². The van der Waals surface area contributed by atoms with Gasteiger partial charge in [-0.15, -0.1) is 11.3 Å². The van der Waals surface area contributed by atoms with Crippen molar-refractivity contribution in [1.82, 2.24) is 0 Å². The molecule has 0 fully saturated rings. The number of hydrogen-bond acceptors (Lipinski definition) is 2. The summed E-state index contributed by atoms with van der Waals surface area (Å²) in [6.07, 6.45) is 0. The van der Waals surface area contributed by atoms with E-state index in [0.717, 1.165) is 15.5 Å². The molecule has 0 unspecified atom stereocenters. The third-order valence-corrected chi connectivity index (χ3v) is 4.56. The molecule has 1 nitrogen and oxygen atoms in total. The lowest BCUT2D eigenvalue weighted by molar-refractivity contribution is 0.640. The monoisotopic (exact) mass is 280 g/mol. The van der Waals surface area contributed by atoms with Gasteiger partial charge in [-0.1, -0.05) is 36.4 Å². The van der Waals surface area contributed by atoms with E-state index in [9.17, 15) is 9.18 Å². The second-order valence-corrected chi connectivity index (χ2v) is 5.62. The molecule has 3 aromatic carbocycles. The van der Waals surface area contributed by atoms with Gasteiger partial charge in [0.25, 0.3) is 0 Å². The Morgan fingerprint density at radius 1 is 0.800 bits per heavy atom. The largest absolute Gasteiger partial charge is 0.289 e. The van der Waals surface area contributed by atoms with E-state index in [1.807, 2.05) is 29.6 Å². The number of thiophene rings is 1. The highest BCUT2D eigenvalue weighted by atomic mass is 32.1. The molecule has 0 saturated carbocycles. The topological polar surface area (TPSA) is 17.1 Å². The van der Waals surface area contributed by atoms with Gasteiger partial charge in [0.2, 0.25) is 0 Å². The molecule has 0 amide bonds. The van der Waals surface area contributed by atoms with Crippen LogP contribution in [0.5, 0.6) is 0 Å². The fraction of sp³-hybridized carbons (Fsp3) is 0. The minimum atomic E-state index is -0.344. The van der Waals surface area contributed by atoms with Crippen LogP contribution in [-0.2, 0) is 0 Å². The van der Waals surface area contributed by atoms with Crippen LogP contribution < -0.4 is 5.43 Å². The molecule has 0 aliphatic heterocycles. The predicted octanol–water partition coefficient (Wildman–Crippen LogP) is 4.71. The zero-order valence-corrected chi connectivity index (χ0v) is 11.2. The second kappa shape index (κ2) is 4.12. The Kier molecular flexibility index (Phi) is 2.38. The van der Waals surface area contributed by atoms with Crippen LogP contribution in [0.25, 0.3) is 31.6 Å². The molecule has 0 aliphatic rings. The Morgan fingerprint density at radius 2 is 1.55 bits per heavy atom. The van der Waals surface area contributed by atoms with Crippen molar-refractivity contribution < 1.29 is 4.39 Å². The molecule has 4 aromatic rings. The highest BCUT2D eigenvalue weighted by Crippen LogP contribution is 2.33. The smallest absolute Gasteiger partial charge is 0.194 e. The summed E-state index contributed by atoms with van der Waals surface area (Å²) in [5.41, 5.74) is -0.112. The lowest BCUT2D eigenvalue weighted by Gasteiger charge is -1.95. The first kappa shape index (κ1) is 11.6. The standard InChI is InChI=1S/C17H9FOS/c18-14-7-3-6-12-15(14)13-8-9-20-17(13)11-5-2-1-4-10(11)16(12)19/h1-9H. The Balaban J connectivity index is 2.55. The number of benzene rings is 2. The summed E-state index contributed by atoms with van der Waals surface area (Å²) >= 11 is 1.54. The molecule has 4 rings (SSSR count). The van der Waals surface area contributed by atoms with Crippen LogP contribution in [0.15, 0.2) is 58.7 Å². The molecule has 0 spiro atoms. The van der Waals surface area contributed by atoms with Crippen LogP contribution >= 0.6 is 11.3 Å². The molecular formula is C17H9FOS. The van der Waals surface area contributed by atoms with Crippen molar-refractivity contribution in [3.05, 3.63) is 70.0 Å². The number of rotatable bonds is 0. The van der Waals surface area contributed by atoms with Crippen molar-refractivity contribution in [1.29, 1.82) is 0 Å². The van der Waals surface area contributed by atoms with E-state index in [-0.39, 0.29) is 11.2 Å². The van der Waals surface area contributed by atoms with Gasteiger partial charge in [0.1, 0.15) is 5.82 Å². The summed E-state index contributed by atoms with van der Waals surface area (Å²) in [6, 6.07) is 14.1. The molecule has 1 heterocycles. The van der Waals surface area contributed by atoms with Crippen LogP contribution in [0.3, 0.4) is 0 Å². The van der Waals surface area contributed by atoms with E-state index < -0.39 is 0 Å². The molecule has 20 heavy (non-hydrogen) atoms. The van der Waals surface area contributed by atoms with Gasteiger partial charge >= 0.3 is 0 Å². The minimum absolute atomic E-state index is 0.112. The molecule has 3 heteroatoms. The Hall–Kier alpha value is -2.26. The van der Waals surface area contributed by atoms with Crippen LogP contribution in [0.1, 0.15) is 0 Å². The molecule has 0 atom stereocenters. The second-order valence-electron chi connectivity index (χ2n) is 4.70. The first-order valence-electron chi connectivity index (χ1n) is 6.28. The van der Waals surface area contributed by atoms with Crippen molar-refractivity contribution >= 4 is 43.0 Å². The molecule has 0 radical (unpaired) electrons. The van der Waals surface area contributed by atoms with Crippen molar-refractivity contribution in [3.63, 3.8) is 0 Å². The average molecular weight is 280 g/mol. The number of halogens is 1. The molecule has 1 aromatic heterocycles. The fourth-order valence-electron chi connectivity index (χ4n) is 2.73. The summed E-state index contributed by atoms with van der Waals surface area (Å²) in [5, 5.41) is 5.13. The Labute approximate surface area is 117 Å². The zero-order valence-electron chi connectivity index (χ0n) is 10.4. The summed E-state index contributed by atoms with van der Waals surface area (Å²) in [4.78, 5) is 12.7. The predicted molar refractivity (Wildman–Crippen MR) is 83.1 cm³/mol. The van der Waals surface area contributed by atoms with Crippen molar-refractivity contribution in [3.8, 4) is 0 Å². The van der Waals surface area contributed by atoms with Crippen LogP contribution in [-0.4, -0.2) is 0 Å². The van der Waals surface area contributed by atoms with Crippen LogP contribution in [0.4, 0.5) is 4.39 Å². The molecule has 0 N–H and O–H groups in total. The van der Waals surface area contributed by atoms with E-state index in [2.05, 4.69) is 0 Å². The van der Waals surface area contributed by atoms with Gasteiger partial charge in [-0.2, -0.15) is 0 Å². The van der Waals surface area contributed by atoms with E-state index in [4.69, 9.17) is 0 Å². The molecule has 0 bridgehead atoms. The van der Waals surface area contributed by atoms with Gasteiger partial charge in [0, 0.05) is 31.6 Å². The first-order valence-corrected chi connectivity index (χ1v) is 7.16. The first-order chi connectivity index (χ1) is 9.77. The molecular weight excluding hydrogens is 271 g/mol. The van der Waals surface area contributed by atoms with E-state index in [1.165, 1.54) is 17.4 Å². The van der Waals surface area contributed by atoms with Crippen molar-refractivity contribution in [2.75, 3.05) is 0 Å². The Morgan fingerprint density at radius 3 is 2.40 bits per heavy atom. The summed E-state index contributed by atoms with van der Waals surface area (Å²) < 4.78 is 15.2. The summed E-state index contributed by atoms with van der Waals surface area (Å²) in [5.74, 6) is -0.344. The zero-order chi connectivity index (χ0) is 13.7. The van der Waals surface area contributed by atoms with Crippen molar-refractivity contribution in [2.45, 2.75) is 0 Å². The van der Waals surface area contributed by atoms with Crippen LogP contribution in [0.2, 0.25) is 0 Å². The molecule has 0 aliphatic carbocycles. The van der Waals surface area contributed by atoms with Gasteiger partial charge in [-0.3, -0.25) is 4.79 Å². The molecule has 96 valence electrons. The fourth-order valence-corrected chi connectivity index (χ4v) is 3.67. The van der Waals surface area contributed by atoms with Gasteiger partial charge < -0.3 is 0 Å². The van der Waals surface area contributed by atoms with Crippen LogP contribution in [0, 0.1) is 5.82 Å². The maximum absolute atomic E-state index is 14.3. The maximum atomic E-state index is 14.3. The quantitative estimate of drug-likeness (QED) is 0.456. The maximum Gasteiger partial charge on any atom is 0.194 e. The highest BCUT2D eigenvalue weighted by Gasteiger charge is 2.12. The van der Waals surface area contributed by atoms with Gasteiger partial charge in [0.05, 0.1) is 0 Å². The van der Waals surface area contributed by atoms with Crippen molar-refractivity contribution in [2.24, 2.45) is 0 Å². The van der Waals surface area contributed by atoms with E-state index >= 15 is 0 Å². The number of fused-ring (bicyclic) bond motifs is 5. The minimum Gasteiger partial charge on any atom is -0.289 e. The summed E-state index contributed by atoms with van der Waals surface area (Å²) in [7, 11) is 0. The highest BCUT2D eigenvalue weighted by molar-refractivity contribution is 7.18. The van der Waals surface area contributed by atoms with Gasteiger partial charge in [0.15, 0.2) is 5.43 Å². The third kappa shape index (κ3) is 1.44. The van der Waals surface area contributed by atoms with E-state index in [1.54, 1.807) is 18.2 Å². The molecule has 0 saturated heterocycles. The summed E-state index contributed by atoms with van der Waals surface area (Å²) in [6.45, 7) is 0. The normalized spacial score (nSPS) is 11.4. The number of hydrogen-bond donors (Lipinski definition) is 0.